The lowest BCUT2D eigenvalue weighted by Crippen LogP contribution is -2.36. The number of carbonyl (C=O) groups excluding carboxylic acids is 2. The van der Waals surface area contributed by atoms with Crippen LogP contribution in [0.3, 0.4) is 0 Å². The Balaban J connectivity index is 1.44. The molecule has 1 aromatic carbocycles. The number of methoxy groups -OCH3 is 1. The second kappa shape index (κ2) is 14.1. The summed E-state index contributed by atoms with van der Waals surface area (Å²) in [7, 11) is 1.60. The third kappa shape index (κ3) is 7.81. The molecule has 3 aromatic rings. The molecule has 1 unspecified atom stereocenters. The van der Waals surface area contributed by atoms with Gasteiger partial charge in [-0.3, -0.25) is 9.59 Å². The van der Waals surface area contributed by atoms with Gasteiger partial charge in [-0.25, -0.2) is 4.98 Å². The van der Waals surface area contributed by atoms with Gasteiger partial charge >= 0.3 is 5.97 Å². The molecule has 1 aliphatic rings. The van der Waals surface area contributed by atoms with Gasteiger partial charge in [-0.2, -0.15) is 4.98 Å². The van der Waals surface area contributed by atoms with E-state index in [0.29, 0.717) is 35.7 Å². The molecule has 0 bridgehead atoms. The maximum Gasteiger partial charge on any atom is 0.315 e. The van der Waals surface area contributed by atoms with Crippen molar-refractivity contribution in [3.05, 3.63) is 41.1 Å². The molecular weight excluding hydrogens is 528 g/mol. The van der Waals surface area contributed by atoms with Gasteiger partial charge in [0.2, 0.25) is 17.6 Å². The SMILES string of the molecule is CCOC(=O)CC(=O)NCC(O)COc1c(C)cc(-c2noc(-c3cc(OC)nc(C4CCCC4)c3)n2)cc1CC. The van der Waals surface area contributed by atoms with E-state index >= 15 is 0 Å². The van der Waals surface area contributed by atoms with E-state index in [9.17, 15) is 14.7 Å². The average molecular weight is 567 g/mol. The van der Waals surface area contributed by atoms with Crippen molar-refractivity contribution < 1.29 is 33.4 Å². The van der Waals surface area contributed by atoms with E-state index in [1.807, 2.05) is 32.0 Å². The van der Waals surface area contributed by atoms with Crippen molar-refractivity contribution in [3.63, 3.8) is 0 Å². The third-order valence-electron chi connectivity index (χ3n) is 7.03. The first-order valence-corrected chi connectivity index (χ1v) is 14.1. The molecule has 0 spiro atoms. The quantitative estimate of drug-likeness (QED) is 0.229. The largest absolute Gasteiger partial charge is 0.490 e. The molecule has 0 radical (unpaired) electrons. The minimum Gasteiger partial charge on any atom is -0.490 e. The van der Waals surface area contributed by atoms with E-state index in [1.54, 1.807) is 20.1 Å². The number of amides is 1. The Kier molecular flexibility index (Phi) is 10.3. The van der Waals surface area contributed by atoms with E-state index < -0.39 is 24.4 Å². The second-order valence-electron chi connectivity index (χ2n) is 10.1. The molecule has 4 rings (SSSR count). The number of benzene rings is 1. The van der Waals surface area contributed by atoms with Crippen molar-refractivity contribution in [1.82, 2.24) is 20.4 Å². The van der Waals surface area contributed by atoms with Crippen molar-refractivity contribution in [2.24, 2.45) is 0 Å². The summed E-state index contributed by atoms with van der Waals surface area (Å²) < 4.78 is 21.8. The number of nitrogens with one attached hydrogen (secondary N) is 1. The highest BCUT2D eigenvalue weighted by Crippen LogP contribution is 2.36. The summed E-state index contributed by atoms with van der Waals surface area (Å²) in [6, 6.07) is 7.68. The van der Waals surface area contributed by atoms with Crippen LogP contribution in [0.15, 0.2) is 28.8 Å². The smallest absolute Gasteiger partial charge is 0.315 e. The van der Waals surface area contributed by atoms with Gasteiger partial charge in [-0.05, 0) is 62.4 Å². The van der Waals surface area contributed by atoms with Crippen LogP contribution in [-0.4, -0.2) is 65.1 Å². The van der Waals surface area contributed by atoms with Crippen molar-refractivity contribution in [1.29, 1.82) is 0 Å². The van der Waals surface area contributed by atoms with Crippen molar-refractivity contribution in [2.45, 2.75) is 71.3 Å². The Morgan fingerprint density at radius 3 is 2.61 bits per heavy atom. The number of aromatic nitrogens is 3. The molecule has 0 aliphatic heterocycles. The first-order valence-electron chi connectivity index (χ1n) is 14.1. The lowest BCUT2D eigenvalue weighted by Gasteiger charge is -2.17. The molecule has 220 valence electrons. The lowest BCUT2D eigenvalue weighted by molar-refractivity contribution is -0.146. The molecule has 2 aromatic heterocycles. The van der Waals surface area contributed by atoms with Crippen LogP contribution in [0, 0.1) is 6.92 Å². The number of rotatable bonds is 13. The van der Waals surface area contributed by atoms with Gasteiger partial charge in [0.05, 0.1) is 13.7 Å². The Hall–Kier alpha value is -3.99. The zero-order valence-electron chi connectivity index (χ0n) is 24.1. The van der Waals surface area contributed by atoms with Gasteiger partial charge in [0.25, 0.3) is 5.89 Å². The second-order valence-corrected chi connectivity index (χ2v) is 10.1. The average Bonchev–Trinajstić information content (AvgIpc) is 3.68. The van der Waals surface area contributed by atoms with Gasteiger partial charge in [0.15, 0.2) is 0 Å². The normalized spacial score (nSPS) is 14.1. The minimum absolute atomic E-state index is 0.0353. The minimum atomic E-state index is -0.962. The lowest BCUT2D eigenvalue weighted by atomic mass is 10.0. The van der Waals surface area contributed by atoms with Gasteiger partial charge in [0, 0.05) is 35.3 Å². The third-order valence-corrected chi connectivity index (χ3v) is 7.03. The fourth-order valence-electron chi connectivity index (χ4n) is 4.96. The number of hydrogen-bond acceptors (Lipinski definition) is 10. The number of esters is 1. The number of pyridine rings is 1. The van der Waals surface area contributed by atoms with Gasteiger partial charge in [0.1, 0.15) is 24.9 Å². The zero-order chi connectivity index (χ0) is 29.4. The van der Waals surface area contributed by atoms with Gasteiger partial charge in [-0.1, -0.05) is 24.9 Å². The topological polar surface area (TPSA) is 146 Å². The highest BCUT2D eigenvalue weighted by atomic mass is 16.5. The van der Waals surface area contributed by atoms with Gasteiger partial charge in [-0.15, -0.1) is 0 Å². The molecule has 1 atom stereocenters. The van der Waals surface area contributed by atoms with E-state index in [4.69, 9.17) is 18.7 Å². The summed E-state index contributed by atoms with van der Waals surface area (Å²) in [6.45, 7) is 5.70. The molecule has 1 saturated carbocycles. The predicted molar refractivity (Wildman–Crippen MR) is 151 cm³/mol. The molecule has 11 heteroatoms. The van der Waals surface area contributed by atoms with E-state index in [-0.39, 0.29) is 19.8 Å². The number of nitrogens with zero attached hydrogens (tertiary/aromatic N) is 3. The standard InChI is InChI=1S/C30H38N4O7/c1-5-19-12-21(11-18(3)28(19)40-17-23(35)16-31-25(36)15-27(37)39-6-2)29-33-30(41-34-29)22-13-24(20-9-7-8-10-20)32-26(14-22)38-4/h11-14,20,23,35H,5-10,15-17H2,1-4H3,(H,31,36). The van der Waals surface area contributed by atoms with Crippen molar-refractivity contribution in [2.75, 3.05) is 26.9 Å². The molecule has 1 aliphatic carbocycles. The van der Waals surface area contributed by atoms with Crippen LogP contribution in [0.4, 0.5) is 0 Å². The number of aliphatic hydroxyl groups excluding tert-OH is 1. The molecule has 41 heavy (non-hydrogen) atoms. The fourth-order valence-corrected chi connectivity index (χ4v) is 4.96. The molecule has 2 N–H and O–H groups in total. The van der Waals surface area contributed by atoms with Crippen LogP contribution in [0.2, 0.25) is 0 Å². The maximum atomic E-state index is 11.8. The number of aliphatic hydroxyl groups is 1. The Morgan fingerprint density at radius 1 is 1.12 bits per heavy atom. The first-order chi connectivity index (χ1) is 19.8. The van der Waals surface area contributed by atoms with E-state index in [0.717, 1.165) is 40.8 Å². The predicted octanol–water partition coefficient (Wildman–Crippen LogP) is 4.14. The highest BCUT2D eigenvalue weighted by molar-refractivity contribution is 5.94. The number of hydrogen-bond donors (Lipinski definition) is 2. The highest BCUT2D eigenvalue weighted by Gasteiger charge is 2.22. The summed E-state index contributed by atoms with van der Waals surface area (Å²) in [5, 5.41) is 17.1. The van der Waals surface area contributed by atoms with Crippen molar-refractivity contribution in [3.8, 4) is 34.5 Å². The monoisotopic (exact) mass is 566 g/mol. The summed E-state index contributed by atoms with van der Waals surface area (Å²) in [5.41, 5.74) is 4.30. The number of carbonyl (C=O) groups is 2. The number of ether oxygens (including phenoxy) is 3. The van der Waals surface area contributed by atoms with E-state index in [1.165, 1.54) is 12.8 Å². The van der Waals surface area contributed by atoms with E-state index in [2.05, 4.69) is 20.4 Å². The summed E-state index contributed by atoms with van der Waals surface area (Å²) in [6.07, 6.45) is 3.96. The fraction of sp³-hybridized carbons (Fsp3) is 0.500. The molecule has 1 fully saturated rings. The molecule has 2 heterocycles. The van der Waals surface area contributed by atoms with Crippen LogP contribution >= 0.6 is 0 Å². The maximum absolute atomic E-state index is 11.8. The molecule has 0 saturated heterocycles. The van der Waals surface area contributed by atoms with Crippen LogP contribution < -0.4 is 14.8 Å². The summed E-state index contributed by atoms with van der Waals surface area (Å²) in [5.74, 6) is 1.30. The number of aryl methyl sites for hydroxylation is 2. The van der Waals surface area contributed by atoms with Crippen LogP contribution in [0.1, 0.15) is 68.7 Å². The van der Waals surface area contributed by atoms with Crippen LogP contribution in [0.25, 0.3) is 22.8 Å². The Bertz CT molecular complexity index is 1350. The van der Waals surface area contributed by atoms with Crippen LogP contribution in [-0.2, 0) is 20.7 Å². The Morgan fingerprint density at radius 2 is 1.90 bits per heavy atom. The summed E-state index contributed by atoms with van der Waals surface area (Å²) in [4.78, 5) is 32.6. The zero-order valence-corrected chi connectivity index (χ0v) is 24.1. The van der Waals surface area contributed by atoms with Crippen LogP contribution in [0.5, 0.6) is 11.6 Å². The first kappa shape index (κ1) is 30.0. The molecular formula is C30H38N4O7. The van der Waals surface area contributed by atoms with Crippen molar-refractivity contribution >= 4 is 11.9 Å². The molecule has 11 nitrogen and oxygen atoms in total. The molecule has 1 amide bonds. The summed E-state index contributed by atoms with van der Waals surface area (Å²) >= 11 is 0. The van der Waals surface area contributed by atoms with Gasteiger partial charge < -0.3 is 29.2 Å². The Labute approximate surface area is 239 Å².